The molecule has 23 heavy (non-hydrogen) atoms. The maximum absolute atomic E-state index is 5.89. The molecule has 0 saturated heterocycles. The van der Waals surface area contributed by atoms with E-state index in [-0.39, 0.29) is 0 Å². The van der Waals surface area contributed by atoms with Gasteiger partial charge >= 0.3 is 0 Å². The van der Waals surface area contributed by atoms with E-state index in [0.717, 1.165) is 25.9 Å². The van der Waals surface area contributed by atoms with Crippen LogP contribution in [0.2, 0.25) is 0 Å². The number of nitrogens with zero attached hydrogens (tertiary/aromatic N) is 1. The standard InChI is InChI=1S/C20H23N3/c21-9-10-23(18-11-15-5-1-2-6-16(15)12-18)14-17-13-22-20-8-4-3-7-19(17)20/h1-8,13,18,22H,9-12,14,21H2. The van der Waals surface area contributed by atoms with Gasteiger partial charge in [0.15, 0.2) is 0 Å². The van der Waals surface area contributed by atoms with Crippen molar-refractivity contribution in [2.24, 2.45) is 5.73 Å². The molecule has 3 aromatic rings. The molecule has 0 saturated carbocycles. The van der Waals surface area contributed by atoms with Gasteiger partial charge in [0.1, 0.15) is 0 Å². The van der Waals surface area contributed by atoms with Gasteiger partial charge in [-0.3, -0.25) is 4.90 Å². The van der Waals surface area contributed by atoms with E-state index >= 15 is 0 Å². The van der Waals surface area contributed by atoms with Crippen molar-refractivity contribution in [1.82, 2.24) is 9.88 Å². The van der Waals surface area contributed by atoms with Gasteiger partial charge in [-0.15, -0.1) is 0 Å². The molecule has 0 radical (unpaired) electrons. The molecule has 4 rings (SSSR count). The van der Waals surface area contributed by atoms with Crippen molar-refractivity contribution in [3.05, 3.63) is 71.4 Å². The summed E-state index contributed by atoms with van der Waals surface area (Å²) in [5.41, 5.74) is 11.5. The largest absolute Gasteiger partial charge is 0.361 e. The minimum absolute atomic E-state index is 0.560. The summed E-state index contributed by atoms with van der Waals surface area (Å²) in [5, 5.41) is 1.32. The van der Waals surface area contributed by atoms with Crippen LogP contribution < -0.4 is 5.73 Å². The van der Waals surface area contributed by atoms with Gasteiger partial charge in [0.25, 0.3) is 0 Å². The Kier molecular flexibility index (Phi) is 3.90. The first-order chi connectivity index (χ1) is 11.3. The van der Waals surface area contributed by atoms with Crippen LogP contribution in [-0.2, 0) is 19.4 Å². The Morgan fingerprint density at radius 3 is 2.43 bits per heavy atom. The molecule has 3 N–H and O–H groups in total. The highest BCUT2D eigenvalue weighted by atomic mass is 15.2. The quantitative estimate of drug-likeness (QED) is 0.761. The lowest BCUT2D eigenvalue weighted by molar-refractivity contribution is 0.199. The predicted molar refractivity (Wildman–Crippen MR) is 95.4 cm³/mol. The van der Waals surface area contributed by atoms with Crippen molar-refractivity contribution >= 4 is 10.9 Å². The molecule has 0 unspecified atom stereocenters. The van der Waals surface area contributed by atoms with E-state index < -0.39 is 0 Å². The summed E-state index contributed by atoms with van der Waals surface area (Å²) < 4.78 is 0. The van der Waals surface area contributed by atoms with Crippen molar-refractivity contribution in [2.45, 2.75) is 25.4 Å². The van der Waals surface area contributed by atoms with Crippen molar-refractivity contribution in [3.63, 3.8) is 0 Å². The molecule has 1 aliphatic carbocycles. The van der Waals surface area contributed by atoms with Crippen LogP contribution in [0.3, 0.4) is 0 Å². The third-order valence-corrected chi connectivity index (χ3v) is 5.01. The first-order valence-electron chi connectivity index (χ1n) is 8.41. The smallest absolute Gasteiger partial charge is 0.0457 e. The minimum Gasteiger partial charge on any atom is -0.361 e. The molecule has 0 fully saturated rings. The van der Waals surface area contributed by atoms with E-state index in [2.05, 4.69) is 64.6 Å². The first kappa shape index (κ1) is 14.5. The third-order valence-electron chi connectivity index (χ3n) is 5.01. The third kappa shape index (κ3) is 2.78. The van der Waals surface area contributed by atoms with Gasteiger partial charge in [0.2, 0.25) is 0 Å². The molecule has 0 amide bonds. The van der Waals surface area contributed by atoms with E-state index in [9.17, 15) is 0 Å². The Morgan fingerprint density at radius 2 is 1.70 bits per heavy atom. The van der Waals surface area contributed by atoms with Crippen molar-refractivity contribution in [2.75, 3.05) is 13.1 Å². The van der Waals surface area contributed by atoms with Crippen LogP contribution in [0.5, 0.6) is 0 Å². The maximum atomic E-state index is 5.89. The van der Waals surface area contributed by atoms with Gasteiger partial charge in [-0.1, -0.05) is 42.5 Å². The predicted octanol–water partition coefficient (Wildman–Crippen LogP) is 3.10. The van der Waals surface area contributed by atoms with Gasteiger partial charge in [-0.05, 0) is 35.6 Å². The fourth-order valence-corrected chi connectivity index (χ4v) is 3.83. The second-order valence-corrected chi connectivity index (χ2v) is 6.45. The summed E-state index contributed by atoms with van der Waals surface area (Å²) in [6.07, 6.45) is 4.42. The topological polar surface area (TPSA) is 45.0 Å². The summed E-state index contributed by atoms with van der Waals surface area (Å²) in [5.74, 6) is 0. The van der Waals surface area contributed by atoms with Crippen LogP contribution in [0.15, 0.2) is 54.7 Å². The number of para-hydroxylation sites is 1. The number of nitrogens with two attached hydrogens (primary N) is 1. The lowest BCUT2D eigenvalue weighted by Crippen LogP contribution is -2.38. The molecule has 0 spiro atoms. The van der Waals surface area contributed by atoms with Crippen LogP contribution in [0.1, 0.15) is 16.7 Å². The number of aromatic nitrogens is 1. The van der Waals surface area contributed by atoms with Crippen LogP contribution in [0.4, 0.5) is 0 Å². The molecule has 0 aliphatic heterocycles. The monoisotopic (exact) mass is 305 g/mol. The molecule has 0 atom stereocenters. The molecule has 1 aromatic heterocycles. The zero-order chi connectivity index (χ0) is 15.6. The molecule has 3 heteroatoms. The van der Waals surface area contributed by atoms with E-state index in [0.29, 0.717) is 12.6 Å². The summed E-state index contributed by atoms with van der Waals surface area (Å²) in [6, 6.07) is 17.9. The average Bonchev–Trinajstić information content (AvgIpc) is 3.18. The Labute approximate surface area is 137 Å². The number of hydrogen-bond donors (Lipinski definition) is 2. The number of benzene rings is 2. The Hall–Kier alpha value is -2.10. The van der Waals surface area contributed by atoms with Crippen molar-refractivity contribution in [1.29, 1.82) is 0 Å². The number of aromatic amines is 1. The van der Waals surface area contributed by atoms with Crippen LogP contribution >= 0.6 is 0 Å². The highest BCUT2D eigenvalue weighted by molar-refractivity contribution is 5.82. The number of hydrogen-bond acceptors (Lipinski definition) is 2. The van der Waals surface area contributed by atoms with E-state index in [1.807, 2.05) is 0 Å². The van der Waals surface area contributed by atoms with Crippen LogP contribution in [0, 0.1) is 0 Å². The second-order valence-electron chi connectivity index (χ2n) is 6.45. The Morgan fingerprint density at radius 1 is 1.00 bits per heavy atom. The van der Waals surface area contributed by atoms with Crippen molar-refractivity contribution < 1.29 is 0 Å². The van der Waals surface area contributed by atoms with E-state index in [1.54, 1.807) is 0 Å². The fourth-order valence-electron chi connectivity index (χ4n) is 3.83. The molecule has 1 heterocycles. The molecular formula is C20H23N3. The lowest BCUT2D eigenvalue weighted by Gasteiger charge is -2.28. The molecule has 1 aliphatic rings. The van der Waals surface area contributed by atoms with Crippen LogP contribution in [0.25, 0.3) is 10.9 Å². The second kappa shape index (κ2) is 6.19. The molecule has 0 bridgehead atoms. The Balaban J connectivity index is 1.57. The van der Waals surface area contributed by atoms with Gasteiger partial charge in [0, 0.05) is 42.8 Å². The highest BCUT2D eigenvalue weighted by Gasteiger charge is 2.26. The zero-order valence-electron chi connectivity index (χ0n) is 13.3. The molecule has 2 aromatic carbocycles. The SMILES string of the molecule is NCCN(Cc1c[nH]c2ccccc12)C1Cc2ccccc2C1. The Bertz CT molecular complexity index is 780. The van der Waals surface area contributed by atoms with Gasteiger partial charge in [0.05, 0.1) is 0 Å². The molecule has 3 nitrogen and oxygen atoms in total. The number of fused-ring (bicyclic) bond motifs is 2. The minimum atomic E-state index is 0.560. The number of rotatable bonds is 5. The highest BCUT2D eigenvalue weighted by Crippen LogP contribution is 2.27. The first-order valence-corrected chi connectivity index (χ1v) is 8.41. The zero-order valence-corrected chi connectivity index (χ0v) is 13.3. The van der Waals surface area contributed by atoms with E-state index in [1.165, 1.54) is 27.6 Å². The molecule has 118 valence electrons. The average molecular weight is 305 g/mol. The molecular weight excluding hydrogens is 282 g/mol. The normalized spacial score (nSPS) is 14.7. The lowest BCUT2D eigenvalue weighted by atomic mass is 10.1. The van der Waals surface area contributed by atoms with Gasteiger partial charge in [-0.25, -0.2) is 0 Å². The van der Waals surface area contributed by atoms with Crippen molar-refractivity contribution in [3.8, 4) is 0 Å². The van der Waals surface area contributed by atoms with Gasteiger partial charge in [-0.2, -0.15) is 0 Å². The maximum Gasteiger partial charge on any atom is 0.0457 e. The number of H-pyrrole nitrogens is 1. The summed E-state index contributed by atoms with van der Waals surface area (Å²) in [6.45, 7) is 2.60. The summed E-state index contributed by atoms with van der Waals surface area (Å²) in [7, 11) is 0. The van der Waals surface area contributed by atoms with E-state index in [4.69, 9.17) is 5.73 Å². The summed E-state index contributed by atoms with van der Waals surface area (Å²) >= 11 is 0. The van der Waals surface area contributed by atoms with Gasteiger partial charge < -0.3 is 10.7 Å². The number of nitrogens with one attached hydrogen (secondary N) is 1. The fraction of sp³-hybridized carbons (Fsp3) is 0.300. The summed E-state index contributed by atoms with van der Waals surface area (Å²) in [4.78, 5) is 5.94. The van der Waals surface area contributed by atoms with Crippen LogP contribution in [-0.4, -0.2) is 29.0 Å².